The average Bonchev–Trinajstić information content (AvgIpc) is 2.50. The zero-order valence-corrected chi connectivity index (χ0v) is 13.7. The van der Waals surface area contributed by atoms with Crippen molar-refractivity contribution in [2.45, 2.75) is 52.0 Å². The third-order valence-corrected chi connectivity index (χ3v) is 4.01. The molecule has 0 radical (unpaired) electrons. The van der Waals surface area contributed by atoms with Crippen molar-refractivity contribution in [1.29, 1.82) is 0 Å². The molecule has 1 saturated carbocycles. The first-order valence-electron chi connectivity index (χ1n) is 7.98. The van der Waals surface area contributed by atoms with Crippen molar-refractivity contribution >= 4 is 11.9 Å². The van der Waals surface area contributed by atoms with Gasteiger partial charge in [-0.1, -0.05) is 6.92 Å². The summed E-state index contributed by atoms with van der Waals surface area (Å²) in [7, 11) is 0. The van der Waals surface area contributed by atoms with Gasteiger partial charge in [-0.3, -0.25) is 9.59 Å². The largest absolute Gasteiger partial charge is 0.456 e. The summed E-state index contributed by atoms with van der Waals surface area (Å²) in [6.45, 7) is 4.84. The predicted octanol–water partition coefficient (Wildman–Crippen LogP) is 2.00. The van der Waals surface area contributed by atoms with Crippen LogP contribution in [0.2, 0.25) is 0 Å². The lowest BCUT2D eigenvalue weighted by Gasteiger charge is -2.36. The maximum Gasteiger partial charge on any atom is 0.303 e. The van der Waals surface area contributed by atoms with E-state index in [-0.39, 0.29) is 18.6 Å². The van der Waals surface area contributed by atoms with E-state index in [0.717, 1.165) is 25.7 Å². The highest BCUT2D eigenvalue weighted by Gasteiger charge is 2.27. The maximum atomic E-state index is 12.3. The Hall–Kier alpha value is -1.54. The molecule has 0 atom stereocenters. The molecule has 22 heavy (non-hydrogen) atoms. The minimum absolute atomic E-state index is 0.143. The van der Waals surface area contributed by atoms with E-state index in [9.17, 15) is 9.59 Å². The monoisotopic (exact) mass is 309 g/mol. The van der Waals surface area contributed by atoms with Gasteiger partial charge in [-0.15, -0.1) is 12.3 Å². The van der Waals surface area contributed by atoms with Gasteiger partial charge in [-0.2, -0.15) is 0 Å². The molecule has 5 heteroatoms. The molecular weight excluding hydrogens is 282 g/mol. The molecule has 1 aliphatic rings. The molecule has 0 bridgehead atoms. The number of hydrogen-bond donors (Lipinski definition) is 0. The fraction of sp³-hybridized carbons (Fsp3) is 0.765. The molecule has 1 aliphatic carbocycles. The molecule has 0 heterocycles. The van der Waals surface area contributed by atoms with Gasteiger partial charge >= 0.3 is 5.97 Å². The second-order valence-electron chi connectivity index (χ2n) is 5.85. The minimum Gasteiger partial charge on any atom is -0.456 e. The van der Waals surface area contributed by atoms with Gasteiger partial charge in [0.05, 0.1) is 13.2 Å². The third-order valence-electron chi connectivity index (χ3n) is 4.01. The van der Waals surface area contributed by atoms with Crippen LogP contribution in [-0.2, 0) is 19.1 Å². The highest BCUT2D eigenvalue weighted by Crippen LogP contribution is 2.27. The second kappa shape index (κ2) is 10.2. The van der Waals surface area contributed by atoms with Gasteiger partial charge in [0, 0.05) is 25.9 Å². The summed E-state index contributed by atoms with van der Waals surface area (Å²) in [6.07, 6.45) is 9.99. The maximum absolute atomic E-state index is 12.3. The number of rotatable bonds is 8. The van der Waals surface area contributed by atoms with Crippen molar-refractivity contribution in [3.05, 3.63) is 0 Å². The Morgan fingerprint density at radius 3 is 2.50 bits per heavy atom. The summed E-state index contributed by atoms with van der Waals surface area (Å²) in [4.78, 5) is 25.0. The quantitative estimate of drug-likeness (QED) is 0.391. The number of amides is 1. The molecular formula is C17H27NO4. The van der Waals surface area contributed by atoms with Gasteiger partial charge in [0.1, 0.15) is 0 Å². The number of carbonyl (C=O) groups excluding carboxylic acids is 2. The normalized spacial score (nSPS) is 21.0. The molecule has 1 rings (SSSR count). The van der Waals surface area contributed by atoms with Gasteiger partial charge in [0.25, 0.3) is 5.91 Å². The summed E-state index contributed by atoms with van der Waals surface area (Å²) in [5.41, 5.74) is 0. The standard InChI is InChI=1S/C17H27NO4/c1-4-5-11-21-12-10-18(17(20)13-22-15(3)19)16-8-6-14(2)7-9-16/h1,14,16H,5-13H2,2-3H3/t14-,16+. The van der Waals surface area contributed by atoms with Gasteiger partial charge in [-0.05, 0) is 31.6 Å². The molecule has 0 unspecified atom stereocenters. The van der Waals surface area contributed by atoms with E-state index >= 15 is 0 Å². The molecule has 1 amide bonds. The fourth-order valence-electron chi connectivity index (χ4n) is 2.71. The minimum atomic E-state index is -0.434. The SMILES string of the molecule is C#CCCOCCN(C(=O)COC(C)=O)[C@H]1CC[C@@H](C)CC1. The molecule has 0 spiro atoms. The lowest BCUT2D eigenvalue weighted by molar-refractivity contribution is -0.152. The molecule has 124 valence electrons. The lowest BCUT2D eigenvalue weighted by Crippen LogP contribution is -2.45. The molecule has 1 fully saturated rings. The third kappa shape index (κ3) is 6.95. The van der Waals surface area contributed by atoms with E-state index < -0.39 is 5.97 Å². The first-order valence-corrected chi connectivity index (χ1v) is 7.98. The van der Waals surface area contributed by atoms with Crippen molar-refractivity contribution in [3.63, 3.8) is 0 Å². The van der Waals surface area contributed by atoms with Crippen LogP contribution in [0.15, 0.2) is 0 Å². The van der Waals surface area contributed by atoms with Gasteiger partial charge in [0.2, 0.25) is 0 Å². The summed E-state index contributed by atoms with van der Waals surface area (Å²) < 4.78 is 10.3. The van der Waals surface area contributed by atoms with Crippen LogP contribution >= 0.6 is 0 Å². The van der Waals surface area contributed by atoms with Crippen molar-refractivity contribution in [2.75, 3.05) is 26.4 Å². The van der Waals surface area contributed by atoms with Gasteiger partial charge in [-0.25, -0.2) is 0 Å². The Kier molecular flexibility index (Phi) is 8.61. The van der Waals surface area contributed by atoms with E-state index in [1.165, 1.54) is 6.92 Å². The molecule has 0 N–H and O–H groups in total. The van der Waals surface area contributed by atoms with Crippen LogP contribution in [0.4, 0.5) is 0 Å². The van der Waals surface area contributed by atoms with Crippen LogP contribution in [-0.4, -0.2) is 49.2 Å². The second-order valence-corrected chi connectivity index (χ2v) is 5.85. The number of ether oxygens (including phenoxy) is 2. The molecule has 5 nitrogen and oxygen atoms in total. The van der Waals surface area contributed by atoms with E-state index in [1.54, 1.807) is 0 Å². The zero-order chi connectivity index (χ0) is 16.4. The van der Waals surface area contributed by atoms with Gasteiger partial charge in [0.15, 0.2) is 6.61 Å². The molecule has 0 aromatic carbocycles. The number of nitrogens with zero attached hydrogens (tertiary/aromatic N) is 1. The van der Waals surface area contributed by atoms with Crippen LogP contribution in [0, 0.1) is 18.3 Å². The van der Waals surface area contributed by atoms with Crippen molar-refractivity contribution in [3.8, 4) is 12.3 Å². The van der Waals surface area contributed by atoms with Crippen molar-refractivity contribution in [1.82, 2.24) is 4.90 Å². The first-order chi connectivity index (χ1) is 10.5. The Morgan fingerprint density at radius 1 is 1.23 bits per heavy atom. The smallest absolute Gasteiger partial charge is 0.303 e. The van der Waals surface area contributed by atoms with Crippen molar-refractivity contribution in [2.24, 2.45) is 5.92 Å². The summed E-state index contributed by atoms with van der Waals surface area (Å²) >= 11 is 0. The molecule has 0 aliphatic heterocycles. The van der Waals surface area contributed by atoms with Gasteiger partial charge < -0.3 is 14.4 Å². The predicted molar refractivity (Wildman–Crippen MR) is 84.0 cm³/mol. The highest BCUT2D eigenvalue weighted by atomic mass is 16.5. The van der Waals surface area contributed by atoms with Crippen LogP contribution < -0.4 is 0 Å². The fourth-order valence-corrected chi connectivity index (χ4v) is 2.71. The number of hydrogen-bond acceptors (Lipinski definition) is 4. The Morgan fingerprint density at radius 2 is 1.91 bits per heavy atom. The van der Waals surface area contributed by atoms with E-state index in [1.807, 2.05) is 4.90 Å². The Bertz CT molecular complexity index is 394. The van der Waals surface area contributed by atoms with E-state index in [2.05, 4.69) is 12.8 Å². The molecule has 0 saturated heterocycles. The molecule has 0 aromatic heterocycles. The van der Waals surface area contributed by atoms with Crippen LogP contribution in [0.3, 0.4) is 0 Å². The van der Waals surface area contributed by atoms with Crippen molar-refractivity contribution < 1.29 is 19.1 Å². The summed E-state index contributed by atoms with van der Waals surface area (Å²) in [5.74, 6) is 2.66. The average molecular weight is 309 g/mol. The van der Waals surface area contributed by atoms with Crippen LogP contribution in [0.5, 0.6) is 0 Å². The van der Waals surface area contributed by atoms with Crippen LogP contribution in [0.1, 0.15) is 46.0 Å². The topological polar surface area (TPSA) is 55.8 Å². The number of carbonyl (C=O) groups is 2. The zero-order valence-electron chi connectivity index (χ0n) is 13.7. The Labute approximate surface area is 133 Å². The lowest BCUT2D eigenvalue weighted by atomic mass is 9.86. The highest BCUT2D eigenvalue weighted by molar-refractivity contribution is 5.80. The molecule has 0 aromatic rings. The summed E-state index contributed by atoms with van der Waals surface area (Å²) in [5, 5.41) is 0. The first kappa shape index (κ1) is 18.5. The van der Waals surface area contributed by atoms with E-state index in [0.29, 0.717) is 32.1 Å². The number of esters is 1. The summed E-state index contributed by atoms with van der Waals surface area (Å²) in [6, 6.07) is 0.218. The Balaban J connectivity index is 2.50. The number of terminal acetylenes is 1. The van der Waals surface area contributed by atoms with E-state index in [4.69, 9.17) is 15.9 Å². The van der Waals surface area contributed by atoms with Crippen LogP contribution in [0.25, 0.3) is 0 Å².